The van der Waals surface area contributed by atoms with E-state index >= 15 is 0 Å². The van der Waals surface area contributed by atoms with Gasteiger partial charge < -0.3 is 15.6 Å². The van der Waals surface area contributed by atoms with Gasteiger partial charge in [0.05, 0.1) is 5.02 Å². The first-order valence-electron chi connectivity index (χ1n) is 4.51. The number of halogens is 2. The third-order valence-electron chi connectivity index (χ3n) is 1.93. The molecule has 1 atom stereocenters. The summed E-state index contributed by atoms with van der Waals surface area (Å²) in [7, 11) is 0. The highest BCUT2D eigenvalue weighted by atomic mass is 35.5. The zero-order chi connectivity index (χ0) is 11.4. The Labute approximate surface area is 92.6 Å². The first-order chi connectivity index (χ1) is 7.06. The monoisotopic (exact) mass is 233 g/mol. The van der Waals surface area contributed by atoms with Crippen LogP contribution < -0.4 is 10.5 Å². The Morgan fingerprint density at radius 3 is 2.87 bits per heavy atom. The molecule has 84 valence electrons. The Kier molecular flexibility index (Phi) is 4.32. The smallest absolute Gasteiger partial charge is 0.173 e. The normalized spacial score (nSPS) is 12.6. The van der Waals surface area contributed by atoms with Crippen molar-refractivity contribution in [3.63, 3.8) is 0 Å². The Balaban J connectivity index is 2.80. The lowest BCUT2D eigenvalue weighted by Gasteiger charge is -2.13. The molecule has 0 spiro atoms. The first kappa shape index (κ1) is 12.2. The third kappa shape index (κ3) is 3.06. The fourth-order valence-electron chi connectivity index (χ4n) is 1.01. The van der Waals surface area contributed by atoms with Gasteiger partial charge in [-0.3, -0.25) is 0 Å². The van der Waals surface area contributed by atoms with Crippen LogP contribution in [0.5, 0.6) is 5.75 Å². The molecule has 0 fully saturated rings. The van der Waals surface area contributed by atoms with Crippen LogP contribution in [0.15, 0.2) is 12.1 Å². The van der Waals surface area contributed by atoms with Crippen molar-refractivity contribution in [3.8, 4) is 5.75 Å². The van der Waals surface area contributed by atoms with E-state index in [-0.39, 0.29) is 23.9 Å². The van der Waals surface area contributed by atoms with E-state index in [1.165, 1.54) is 6.07 Å². The van der Waals surface area contributed by atoms with Gasteiger partial charge in [0.2, 0.25) is 0 Å². The summed E-state index contributed by atoms with van der Waals surface area (Å²) >= 11 is 5.85. The van der Waals surface area contributed by atoms with Crippen LogP contribution >= 0.6 is 11.6 Å². The lowest BCUT2D eigenvalue weighted by Crippen LogP contribution is -2.26. The molecule has 0 aromatic heterocycles. The van der Waals surface area contributed by atoms with Gasteiger partial charge in [-0.25, -0.2) is 4.39 Å². The van der Waals surface area contributed by atoms with Crippen molar-refractivity contribution >= 4 is 11.6 Å². The van der Waals surface area contributed by atoms with E-state index < -0.39 is 11.9 Å². The lowest BCUT2D eigenvalue weighted by molar-refractivity contribution is 0.112. The summed E-state index contributed by atoms with van der Waals surface area (Å²) in [6, 6.07) is 2.83. The standard InChI is InChI=1S/C10H13ClFNO2/c1-6-2-3-8(12)10(9(6)11)15-5-7(14)4-13/h2-3,7,14H,4-5,13H2,1H3/t7-/m1/s1. The minimum atomic E-state index is -0.819. The fraction of sp³-hybridized carbons (Fsp3) is 0.400. The van der Waals surface area contributed by atoms with Crippen LogP contribution in [0, 0.1) is 12.7 Å². The summed E-state index contributed by atoms with van der Waals surface area (Å²) in [5.74, 6) is -0.584. The van der Waals surface area contributed by atoms with Gasteiger partial charge >= 0.3 is 0 Å². The Morgan fingerprint density at radius 1 is 1.60 bits per heavy atom. The molecular weight excluding hydrogens is 221 g/mol. The highest BCUT2D eigenvalue weighted by molar-refractivity contribution is 6.32. The number of hydrogen-bond donors (Lipinski definition) is 2. The highest BCUT2D eigenvalue weighted by Crippen LogP contribution is 2.30. The van der Waals surface area contributed by atoms with Crippen LogP contribution in [0.3, 0.4) is 0 Å². The molecule has 0 amide bonds. The maximum absolute atomic E-state index is 13.3. The molecule has 0 radical (unpaired) electrons. The summed E-state index contributed by atoms with van der Waals surface area (Å²) < 4.78 is 18.3. The molecule has 0 heterocycles. The molecule has 0 saturated heterocycles. The van der Waals surface area contributed by atoms with Gasteiger partial charge in [-0.1, -0.05) is 17.7 Å². The van der Waals surface area contributed by atoms with Crippen molar-refractivity contribution in [1.29, 1.82) is 0 Å². The van der Waals surface area contributed by atoms with Gasteiger partial charge in [0.25, 0.3) is 0 Å². The zero-order valence-electron chi connectivity index (χ0n) is 8.34. The summed E-state index contributed by atoms with van der Waals surface area (Å²) in [5, 5.41) is 9.38. The minimum absolute atomic E-state index is 0.0378. The molecular formula is C10H13ClFNO2. The predicted octanol–water partition coefficient (Wildman–Crippen LogP) is 1.49. The van der Waals surface area contributed by atoms with E-state index in [4.69, 9.17) is 27.2 Å². The maximum atomic E-state index is 13.3. The number of rotatable bonds is 4. The molecule has 0 aliphatic carbocycles. The van der Waals surface area contributed by atoms with Gasteiger partial charge in [-0.2, -0.15) is 0 Å². The van der Waals surface area contributed by atoms with Gasteiger partial charge in [0.1, 0.15) is 12.7 Å². The number of aryl methyl sites for hydroxylation is 1. The summed E-state index contributed by atoms with van der Waals surface area (Å²) in [5.41, 5.74) is 5.90. The molecule has 3 N–H and O–H groups in total. The molecule has 5 heteroatoms. The van der Waals surface area contributed by atoms with Crippen molar-refractivity contribution < 1.29 is 14.2 Å². The first-order valence-corrected chi connectivity index (χ1v) is 4.89. The average Bonchev–Trinajstić information content (AvgIpc) is 2.23. The van der Waals surface area contributed by atoms with E-state index in [0.717, 1.165) is 5.56 Å². The largest absolute Gasteiger partial charge is 0.486 e. The lowest BCUT2D eigenvalue weighted by atomic mass is 10.2. The second kappa shape index (κ2) is 5.30. The van der Waals surface area contributed by atoms with Gasteiger partial charge in [0.15, 0.2) is 11.6 Å². The third-order valence-corrected chi connectivity index (χ3v) is 2.40. The Morgan fingerprint density at radius 2 is 2.27 bits per heavy atom. The van der Waals surface area contributed by atoms with Crippen LogP contribution in [-0.2, 0) is 0 Å². The summed E-state index contributed by atoms with van der Waals surface area (Å²) in [6.45, 7) is 1.73. The molecule has 15 heavy (non-hydrogen) atoms. The van der Waals surface area contributed by atoms with E-state index in [2.05, 4.69) is 0 Å². The molecule has 1 aromatic rings. The van der Waals surface area contributed by atoms with Crippen LogP contribution in [-0.4, -0.2) is 24.4 Å². The van der Waals surface area contributed by atoms with E-state index in [0.29, 0.717) is 0 Å². The molecule has 1 rings (SSSR count). The topological polar surface area (TPSA) is 55.5 Å². The molecule has 0 aliphatic rings. The Hall–Kier alpha value is -0.840. The summed E-state index contributed by atoms with van der Waals surface area (Å²) in [6.07, 6.45) is -0.819. The van der Waals surface area contributed by atoms with Crippen LogP contribution in [0.25, 0.3) is 0 Å². The van der Waals surface area contributed by atoms with Crippen molar-refractivity contribution in [2.75, 3.05) is 13.2 Å². The summed E-state index contributed by atoms with van der Waals surface area (Å²) in [4.78, 5) is 0. The van der Waals surface area contributed by atoms with E-state index in [9.17, 15) is 4.39 Å². The van der Waals surface area contributed by atoms with Gasteiger partial charge in [-0.15, -0.1) is 0 Å². The number of ether oxygens (including phenoxy) is 1. The zero-order valence-corrected chi connectivity index (χ0v) is 9.09. The molecule has 0 bridgehead atoms. The number of hydrogen-bond acceptors (Lipinski definition) is 3. The SMILES string of the molecule is Cc1ccc(F)c(OC[C@H](O)CN)c1Cl. The van der Waals surface area contributed by atoms with E-state index in [1.54, 1.807) is 13.0 Å². The second-order valence-corrected chi connectivity index (χ2v) is 3.59. The fourth-order valence-corrected chi connectivity index (χ4v) is 1.22. The molecule has 1 aromatic carbocycles. The van der Waals surface area contributed by atoms with Crippen LogP contribution in [0.1, 0.15) is 5.56 Å². The average molecular weight is 234 g/mol. The molecule has 0 saturated carbocycles. The second-order valence-electron chi connectivity index (χ2n) is 3.21. The minimum Gasteiger partial charge on any atom is -0.486 e. The van der Waals surface area contributed by atoms with Crippen LogP contribution in [0.2, 0.25) is 5.02 Å². The quantitative estimate of drug-likeness (QED) is 0.829. The number of benzene rings is 1. The van der Waals surface area contributed by atoms with Crippen molar-refractivity contribution in [3.05, 3.63) is 28.5 Å². The maximum Gasteiger partial charge on any atom is 0.173 e. The van der Waals surface area contributed by atoms with Crippen molar-refractivity contribution in [1.82, 2.24) is 0 Å². The van der Waals surface area contributed by atoms with Crippen molar-refractivity contribution in [2.45, 2.75) is 13.0 Å². The van der Waals surface area contributed by atoms with Gasteiger partial charge in [0, 0.05) is 6.54 Å². The van der Waals surface area contributed by atoms with E-state index in [1.807, 2.05) is 0 Å². The highest BCUT2D eigenvalue weighted by Gasteiger charge is 2.12. The number of aliphatic hydroxyl groups is 1. The molecule has 0 unspecified atom stereocenters. The molecule has 3 nitrogen and oxygen atoms in total. The number of aliphatic hydroxyl groups excluding tert-OH is 1. The predicted molar refractivity (Wildman–Crippen MR) is 56.7 cm³/mol. The number of nitrogens with two attached hydrogens (primary N) is 1. The van der Waals surface area contributed by atoms with Gasteiger partial charge in [-0.05, 0) is 18.6 Å². The van der Waals surface area contributed by atoms with Crippen LogP contribution in [0.4, 0.5) is 4.39 Å². The van der Waals surface area contributed by atoms with Crippen molar-refractivity contribution in [2.24, 2.45) is 5.73 Å². The molecule has 0 aliphatic heterocycles. The Bertz CT molecular complexity index is 346.